The Morgan fingerprint density at radius 2 is 2.08 bits per heavy atom. The molecule has 0 amide bonds. The van der Waals surface area contributed by atoms with Gasteiger partial charge in [0.2, 0.25) is 0 Å². The maximum atomic E-state index is 13.2. The normalized spacial score (nSPS) is 21.2. The summed E-state index contributed by atoms with van der Waals surface area (Å²) in [5.74, 6) is -0.0862. The second kappa shape index (κ2) is 4.58. The highest BCUT2D eigenvalue weighted by Crippen LogP contribution is 2.24. The van der Waals surface area contributed by atoms with Crippen molar-refractivity contribution < 1.29 is 4.39 Å². The van der Waals surface area contributed by atoms with Crippen LogP contribution in [0.25, 0.3) is 0 Å². The number of halogens is 2. The van der Waals surface area contributed by atoms with Gasteiger partial charge in [-0.25, -0.2) is 4.39 Å². The summed E-state index contributed by atoms with van der Waals surface area (Å²) in [6.07, 6.45) is 2.21. The summed E-state index contributed by atoms with van der Waals surface area (Å²) >= 11 is 0. The molecule has 1 atom stereocenters. The van der Waals surface area contributed by atoms with Gasteiger partial charge < -0.3 is 5.32 Å². The van der Waals surface area contributed by atoms with E-state index in [-0.39, 0.29) is 24.3 Å². The number of hydrogen-bond donors (Lipinski definition) is 1. The zero-order valence-corrected chi connectivity index (χ0v) is 8.11. The first-order valence-electron chi connectivity index (χ1n) is 4.36. The second-order valence-corrected chi connectivity index (χ2v) is 3.17. The highest BCUT2D eigenvalue weighted by Gasteiger charge is 2.18. The standard InChI is InChI=1S/C10H12FN.ClH/c11-9-5-2-1-4-8(9)10-6-3-7-12-10;/h1-2,4-5,10,12H,3,6-7H2;1H. The molecule has 0 aliphatic carbocycles. The third-order valence-electron chi connectivity index (χ3n) is 2.34. The average Bonchev–Trinajstić information content (AvgIpc) is 2.57. The SMILES string of the molecule is Cl.Fc1ccccc1C1CCCN1. The van der Waals surface area contributed by atoms with Gasteiger partial charge in [0.1, 0.15) is 5.82 Å². The van der Waals surface area contributed by atoms with Crippen LogP contribution in [0.3, 0.4) is 0 Å². The smallest absolute Gasteiger partial charge is 0.127 e. The van der Waals surface area contributed by atoms with Gasteiger partial charge in [-0.1, -0.05) is 18.2 Å². The van der Waals surface area contributed by atoms with Gasteiger partial charge in [0.05, 0.1) is 0 Å². The molecular formula is C10H13ClFN. The molecule has 1 nitrogen and oxygen atoms in total. The molecule has 1 N–H and O–H groups in total. The Labute approximate surface area is 83.8 Å². The van der Waals surface area contributed by atoms with E-state index < -0.39 is 0 Å². The fourth-order valence-electron chi connectivity index (χ4n) is 1.71. The number of rotatable bonds is 1. The lowest BCUT2D eigenvalue weighted by Crippen LogP contribution is -2.13. The predicted octanol–water partition coefficient (Wildman–Crippen LogP) is 2.67. The largest absolute Gasteiger partial charge is 0.310 e. The lowest BCUT2D eigenvalue weighted by Gasteiger charge is -2.10. The third kappa shape index (κ3) is 2.20. The minimum Gasteiger partial charge on any atom is -0.310 e. The van der Waals surface area contributed by atoms with Crippen LogP contribution in [0.1, 0.15) is 24.4 Å². The predicted molar refractivity (Wildman–Crippen MR) is 53.6 cm³/mol. The van der Waals surface area contributed by atoms with E-state index in [1.807, 2.05) is 12.1 Å². The van der Waals surface area contributed by atoms with E-state index in [4.69, 9.17) is 0 Å². The molecule has 1 fully saturated rings. The van der Waals surface area contributed by atoms with E-state index >= 15 is 0 Å². The van der Waals surface area contributed by atoms with Crippen LogP contribution in [0, 0.1) is 5.82 Å². The molecule has 0 bridgehead atoms. The van der Waals surface area contributed by atoms with Crippen molar-refractivity contribution in [3.8, 4) is 0 Å². The summed E-state index contributed by atoms with van der Waals surface area (Å²) in [6.45, 7) is 1.01. The molecule has 1 unspecified atom stereocenters. The molecule has 1 aliphatic rings. The maximum absolute atomic E-state index is 13.2. The first-order valence-corrected chi connectivity index (χ1v) is 4.36. The van der Waals surface area contributed by atoms with E-state index in [1.54, 1.807) is 6.07 Å². The van der Waals surface area contributed by atoms with Crippen LogP contribution in [0.15, 0.2) is 24.3 Å². The second-order valence-electron chi connectivity index (χ2n) is 3.17. The Balaban J connectivity index is 0.000000845. The van der Waals surface area contributed by atoms with Gasteiger partial charge in [0.25, 0.3) is 0 Å². The van der Waals surface area contributed by atoms with Crippen molar-refractivity contribution in [3.05, 3.63) is 35.6 Å². The van der Waals surface area contributed by atoms with Gasteiger partial charge in [0, 0.05) is 11.6 Å². The van der Waals surface area contributed by atoms with E-state index in [1.165, 1.54) is 6.07 Å². The monoisotopic (exact) mass is 201 g/mol. The molecule has 3 heteroatoms. The van der Waals surface area contributed by atoms with Crippen LogP contribution < -0.4 is 5.32 Å². The topological polar surface area (TPSA) is 12.0 Å². The van der Waals surface area contributed by atoms with Crippen molar-refractivity contribution in [1.29, 1.82) is 0 Å². The van der Waals surface area contributed by atoms with Crippen molar-refractivity contribution in [1.82, 2.24) is 5.32 Å². The molecule has 1 aromatic rings. The summed E-state index contributed by atoms with van der Waals surface area (Å²) in [7, 11) is 0. The fourth-order valence-corrected chi connectivity index (χ4v) is 1.71. The first kappa shape index (κ1) is 10.5. The number of hydrogen-bond acceptors (Lipinski definition) is 1. The third-order valence-corrected chi connectivity index (χ3v) is 2.34. The lowest BCUT2D eigenvalue weighted by atomic mass is 10.1. The van der Waals surface area contributed by atoms with Crippen LogP contribution in [-0.4, -0.2) is 6.54 Å². The van der Waals surface area contributed by atoms with Gasteiger partial charge >= 0.3 is 0 Å². The molecule has 1 aliphatic heterocycles. The molecule has 0 aromatic heterocycles. The molecule has 72 valence electrons. The highest BCUT2D eigenvalue weighted by atomic mass is 35.5. The summed E-state index contributed by atoms with van der Waals surface area (Å²) < 4.78 is 13.2. The molecule has 1 heterocycles. The Bertz CT molecular complexity index is 271. The summed E-state index contributed by atoms with van der Waals surface area (Å²) in [6, 6.07) is 7.24. The summed E-state index contributed by atoms with van der Waals surface area (Å²) in [4.78, 5) is 0. The number of benzene rings is 1. The zero-order chi connectivity index (χ0) is 8.39. The van der Waals surface area contributed by atoms with Crippen LogP contribution in [-0.2, 0) is 0 Å². The average molecular weight is 202 g/mol. The summed E-state index contributed by atoms with van der Waals surface area (Å²) in [5.41, 5.74) is 0.815. The maximum Gasteiger partial charge on any atom is 0.127 e. The molecule has 0 saturated carbocycles. The van der Waals surface area contributed by atoms with Gasteiger partial charge in [-0.2, -0.15) is 0 Å². The number of nitrogens with one attached hydrogen (secondary N) is 1. The van der Waals surface area contributed by atoms with Gasteiger partial charge in [-0.15, -0.1) is 12.4 Å². The van der Waals surface area contributed by atoms with Crippen molar-refractivity contribution in [2.75, 3.05) is 6.54 Å². The highest BCUT2D eigenvalue weighted by molar-refractivity contribution is 5.85. The van der Waals surface area contributed by atoms with E-state index in [0.717, 1.165) is 24.9 Å². The van der Waals surface area contributed by atoms with Crippen molar-refractivity contribution in [2.24, 2.45) is 0 Å². The Morgan fingerprint density at radius 1 is 1.31 bits per heavy atom. The van der Waals surface area contributed by atoms with Gasteiger partial charge in [0.15, 0.2) is 0 Å². The lowest BCUT2D eigenvalue weighted by molar-refractivity contribution is 0.559. The van der Waals surface area contributed by atoms with Crippen molar-refractivity contribution >= 4 is 12.4 Å². The molecule has 1 aromatic carbocycles. The Hall–Kier alpha value is -0.600. The molecule has 1 saturated heterocycles. The molecule has 0 radical (unpaired) electrons. The Morgan fingerprint density at radius 3 is 2.69 bits per heavy atom. The van der Waals surface area contributed by atoms with Crippen molar-refractivity contribution in [2.45, 2.75) is 18.9 Å². The fraction of sp³-hybridized carbons (Fsp3) is 0.400. The summed E-state index contributed by atoms with van der Waals surface area (Å²) in [5, 5.41) is 3.27. The zero-order valence-electron chi connectivity index (χ0n) is 7.29. The van der Waals surface area contributed by atoms with Crippen LogP contribution in [0.2, 0.25) is 0 Å². The van der Waals surface area contributed by atoms with Crippen LogP contribution >= 0.6 is 12.4 Å². The van der Waals surface area contributed by atoms with E-state index in [2.05, 4.69) is 5.32 Å². The van der Waals surface area contributed by atoms with E-state index in [9.17, 15) is 4.39 Å². The van der Waals surface area contributed by atoms with Crippen molar-refractivity contribution in [3.63, 3.8) is 0 Å². The molecule has 2 rings (SSSR count). The van der Waals surface area contributed by atoms with Gasteiger partial charge in [-0.05, 0) is 25.5 Å². The van der Waals surface area contributed by atoms with Crippen LogP contribution in [0.5, 0.6) is 0 Å². The quantitative estimate of drug-likeness (QED) is 0.737. The minimum absolute atomic E-state index is 0. The van der Waals surface area contributed by atoms with Crippen LogP contribution in [0.4, 0.5) is 4.39 Å². The minimum atomic E-state index is -0.0862. The Kier molecular flexibility index (Phi) is 3.70. The van der Waals surface area contributed by atoms with Gasteiger partial charge in [-0.3, -0.25) is 0 Å². The van der Waals surface area contributed by atoms with E-state index in [0.29, 0.717) is 0 Å². The molecule has 13 heavy (non-hydrogen) atoms. The first-order chi connectivity index (χ1) is 5.88. The molecule has 0 spiro atoms. The molecular weight excluding hydrogens is 189 g/mol.